The van der Waals surface area contributed by atoms with Crippen molar-refractivity contribution in [1.82, 2.24) is 5.32 Å². The second kappa shape index (κ2) is 10.0. The summed E-state index contributed by atoms with van der Waals surface area (Å²) >= 11 is 0. The van der Waals surface area contributed by atoms with Crippen LogP contribution in [0.4, 0.5) is 5.69 Å². The average molecular weight is 402 g/mol. The zero-order chi connectivity index (χ0) is 21.3. The number of benzene rings is 3. The third-order valence-electron chi connectivity index (χ3n) is 4.50. The van der Waals surface area contributed by atoms with Crippen molar-refractivity contribution in [3.63, 3.8) is 0 Å². The zero-order valence-corrected chi connectivity index (χ0v) is 16.6. The molecular weight excluding hydrogens is 380 g/mol. The summed E-state index contributed by atoms with van der Waals surface area (Å²) in [5.74, 6) is -1.22. The molecule has 3 rings (SSSR count). The highest BCUT2D eigenvalue weighted by molar-refractivity contribution is 6.06. The first-order chi connectivity index (χ1) is 14.6. The molecule has 0 heterocycles. The lowest BCUT2D eigenvalue weighted by Crippen LogP contribution is -2.30. The van der Waals surface area contributed by atoms with E-state index in [1.54, 1.807) is 30.3 Å². The Morgan fingerprint density at radius 2 is 1.57 bits per heavy atom. The fourth-order valence-corrected chi connectivity index (χ4v) is 2.98. The van der Waals surface area contributed by atoms with E-state index in [4.69, 9.17) is 0 Å². The number of ether oxygens (including phenoxy) is 1. The fourth-order valence-electron chi connectivity index (χ4n) is 2.98. The Kier molecular flexibility index (Phi) is 6.95. The van der Waals surface area contributed by atoms with Gasteiger partial charge < -0.3 is 15.4 Å². The average Bonchev–Trinajstić information content (AvgIpc) is 2.78. The molecule has 3 aromatic rings. The normalized spacial score (nSPS) is 10.2. The van der Waals surface area contributed by atoms with Crippen LogP contribution >= 0.6 is 0 Å². The molecule has 6 heteroatoms. The van der Waals surface area contributed by atoms with E-state index in [1.165, 1.54) is 7.11 Å². The van der Waals surface area contributed by atoms with Crippen molar-refractivity contribution in [2.24, 2.45) is 0 Å². The Hall–Kier alpha value is -3.93. The highest BCUT2D eigenvalue weighted by atomic mass is 16.5. The molecule has 0 saturated carbocycles. The molecule has 0 aliphatic rings. The van der Waals surface area contributed by atoms with E-state index in [0.717, 1.165) is 11.1 Å². The standard InChI is InChI=1S/C24H22N2O4/c1-30-22(27)16-25-23(28)19-11-7-12-20(15-19)26-24(29)21-13-6-5-10-18(21)14-17-8-3-2-4-9-17/h2-13,15H,14,16H2,1H3,(H,25,28)(H,26,29). The van der Waals surface area contributed by atoms with Crippen LogP contribution in [0.15, 0.2) is 78.9 Å². The third kappa shape index (κ3) is 5.54. The molecule has 0 radical (unpaired) electrons. The SMILES string of the molecule is COC(=O)CNC(=O)c1cccc(NC(=O)c2ccccc2Cc2ccccc2)c1. The molecule has 0 aromatic heterocycles. The molecule has 0 atom stereocenters. The van der Waals surface area contributed by atoms with E-state index in [-0.39, 0.29) is 12.5 Å². The van der Waals surface area contributed by atoms with Crippen molar-refractivity contribution in [2.45, 2.75) is 6.42 Å². The van der Waals surface area contributed by atoms with Crippen LogP contribution in [0.25, 0.3) is 0 Å². The topological polar surface area (TPSA) is 84.5 Å². The highest BCUT2D eigenvalue weighted by Crippen LogP contribution is 2.17. The summed E-state index contributed by atoms with van der Waals surface area (Å²) in [6.07, 6.45) is 0.639. The minimum atomic E-state index is -0.539. The molecule has 0 aliphatic carbocycles. The number of hydrogen-bond acceptors (Lipinski definition) is 4. The van der Waals surface area contributed by atoms with Gasteiger partial charge in [0.15, 0.2) is 0 Å². The fraction of sp³-hybridized carbons (Fsp3) is 0.125. The number of carbonyl (C=O) groups excluding carboxylic acids is 3. The number of hydrogen-bond donors (Lipinski definition) is 2. The van der Waals surface area contributed by atoms with Crippen molar-refractivity contribution >= 4 is 23.5 Å². The molecule has 0 spiro atoms. The van der Waals surface area contributed by atoms with Crippen LogP contribution in [-0.4, -0.2) is 31.4 Å². The van der Waals surface area contributed by atoms with Gasteiger partial charge in [0.2, 0.25) is 0 Å². The zero-order valence-electron chi connectivity index (χ0n) is 16.6. The maximum Gasteiger partial charge on any atom is 0.325 e. The van der Waals surface area contributed by atoms with Gasteiger partial charge in [-0.1, -0.05) is 54.6 Å². The van der Waals surface area contributed by atoms with Gasteiger partial charge in [0.05, 0.1) is 7.11 Å². The van der Waals surface area contributed by atoms with Crippen LogP contribution in [0.5, 0.6) is 0 Å². The smallest absolute Gasteiger partial charge is 0.325 e. The number of carbonyl (C=O) groups is 3. The molecule has 0 fully saturated rings. The summed E-state index contributed by atoms with van der Waals surface area (Å²) in [5, 5.41) is 5.32. The summed E-state index contributed by atoms with van der Waals surface area (Å²) in [6.45, 7) is -0.223. The summed E-state index contributed by atoms with van der Waals surface area (Å²) in [7, 11) is 1.25. The lowest BCUT2D eigenvalue weighted by Gasteiger charge is -2.11. The van der Waals surface area contributed by atoms with Crippen LogP contribution < -0.4 is 10.6 Å². The first-order valence-corrected chi connectivity index (χ1v) is 9.45. The maximum absolute atomic E-state index is 12.9. The molecule has 2 amide bonds. The Bertz CT molecular complexity index is 1050. The Balaban J connectivity index is 1.72. The molecule has 152 valence electrons. The minimum absolute atomic E-state index is 0.223. The van der Waals surface area contributed by atoms with Crippen molar-refractivity contribution in [2.75, 3.05) is 19.0 Å². The predicted molar refractivity (Wildman–Crippen MR) is 114 cm³/mol. The van der Waals surface area contributed by atoms with E-state index < -0.39 is 11.9 Å². The molecular formula is C24H22N2O4. The van der Waals surface area contributed by atoms with Gasteiger partial charge in [-0.25, -0.2) is 0 Å². The molecule has 2 N–H and O–H groups in total. The van der Waals surface area contributed by atoms with Crippen molar-refractivity contribution < 1.29 is 19.1 Å². The molecule has 3 aromatic carbocycles. The summed E-state index contributed by atoms with van der Waals surface area (Å²) in [4.78, 5) is 36.3. The van der Waals surface area contributed by atoms with Gasteiger partial charge in [0.1, 0.15) is 6.54 Å². The molecule has 0 unspecified atom stereocenters. The maximum atomic E-state index is 12.9. The molecule has 0 bridgehead atoms. The number of amides is 2. The van der Waals surface area contributed by atoms with Crippen molar-refractivity contribution in [3.05, 3.63) is 101 Å². The first kappa shape index (κ1) is 20.8. The largest absolute Gasteiger partial charge is 0.468 e. The van der Waals surface area contributed by atoms with E-state index in [9.17, 15) is 14.4 Å². The van der Waals surface area contributed by atoms with Crippen molar-refractivity contribution in [3.8, 4) is 0 Å². The van der Waals surface area contributed by atoms with Gasteiger partial charge in [0.25, 0.3) is 11.8 Å². The lowest BCUT2D eigenvalue weighted by molar-refractivity contribution is -0.139. The Morgan fingerprint density at radius 3 is 2.33 bits per heavy atom. The van der Waals surface area contributed by atoms with Gasteiger partial charge in [-0.3, -0.25) is 14.4 Å². The second-order valence-corrected chi connectivity index (χ2v) is 6.61. The van der Waals surface area contributed by atoms with Crippen LogP contribution in [-0.2, 0) is 16.0 Å². The number of esters is 1. The van der Waals surface area contributed by atoms with Gasteiger partial charge >= 0.3 is 5.97 Å². The summed E-state index contributed by atoms with van der Waals surface area (Å²) in [6, 6.07) is 23.9. The van der Waals surface area contributed by atoms with Gasteiger partial charge in [-0.05, 0) is 41.8 Å². The Labute approximate surface area is 174 Å². The van der Waals surface area contributed by atoms with E-state index >= 15 is 0 Å². The van der Waals surface area contributed by atoms with Crippen LogP contribution in [0.2, 0.25) is 0 Å². The van der Waals surface area contributed by atoms with Crippen LogP contribution in [0.1, 0.15) is 31.8 Å². The minimum Gasteiger partial charge on any atom is -0.468 e. The monoisotopic (exact) mass is 402 g/mol. The van der Waals surface area contributed by atoms with Crippen LogP contribution in [0.3, 0.4) is 0 Å². The van der Waals surface area contributed by atoms with Gasteiger partial charge in [-0.15, -0.1) is 0 Å². The molecule has 30 heavy (non-hydrogen) atoms. The predicted octanol–water partition coefficient (Wildman–Crippen LogP) is 3.43. The third-order valence-corrected chi connectivity index (χ3v) is 4.50. The first-order valence-electron chi connectivity index (χ1n) is 9.45. The number of methoxy groups -OCH3 is 1. The van der Waals surface area contributed by atoms with Gasteiger partial charge in [-0.2, -0.15) is 0 Å². The van der Waals surface area contributed by atoms with E-state index in [2.05, 4.69) is 15.4 Å². The Morgan fingerprint density at radius 1 is 0.833 bits per heavy atom. The van der Waals surface area contributed by atoms with Gasteiger partial charge in [0, 0.05) is 16.8 Å². The summed E-state index contributed by atoms with van der Waals surface area (Å²) in [5.41, 5.74) is 3.41. The van der Waals surface area contributed by atoms with Crippen molar-refractivity contribution in [1.29, 1.82) is 0 Å². The lowest BCUT2D eigenvalue weighted by atomic mass is 9.99. The second-order valence-electron chi connectivity index (χ2n) is 6.61. The molecule has 0 aliphatic heterocycles. The van der Waals surface area contributed by atoms with Crippen LogP contribution in [0, 0.1) is 0 Å². The number of rotatable bonds is 7. The number of anilines is 1. The number of nitrogens with one attached hydrogen (secondary N) is 2. The quantitative estimate of drug-likeness (QED) is 0.593. The summed E-state index contributed by atoms with van der Waals surface area (Å²) < 4.78 is 4.50. The molecule has 6 nitrogen and oxygen atoms in total. The highest BCUT2D eigenvalue weighted by Gasteiger charge is 2.13. The molecule has 0 saturated heterocycles. The van der Waals surface area contributed by atoms with E-state index in [0.29, 0.717) is 23.2 Å². The van der Waals surface area contributed by atoms with E-state index in [1.807, 2.05) is 48.5 Å².